The molecule has 1 amide bonds. The third-order valence-corrected chi connectivity index (χ3v) is 5.39. The summed E-state index contributed by atoms with van der Waals surface area (Å²) in [5.41, 5.74) is 0.686. The monoisotopic (exact) mass is 374 g/mol. The molecular formula is C14H19BrN2O3S. The zero-order valence-corrected chi connectivity index (χ0v) is 14.3. The third-order valence-electron chi connectivity index (χ3n) is 3.44. The molecule has 0 unspecified atom stereocenters. The van der Waals surface area contributed by atoms with Crippen LogP contribution in [0.25, 0.3) is 0 Å². The van der Waals surface area contributed by atoms with Crippen molar-refractivity contribution in [2.45, 2.75) is 18.7 Å². The maximum atomic E-state index is 12.2. The number of rotatable bonds is 4. The highest BCUT2D eigenvalue weighted by Crippen LogP contribution is 2.15. The molecule has 1 heterocycles. The van der Waals surface area contributed by atoms with E-state index >= 15 is 0 Å². The number of sulfone groups is 1. The second-order valence-electron chi connectivity index (χ2n) is 5.30. The average molecular weight is 375 g/mol. The Labute approximate surface area is 133 Å². The number of nitrogens with one attached hydrogen (secondary N) is 1. The maximum Gasteiger partial charge on any atom is 0.238 e. The highest BCUT2D eigenvalue weighted by atomic mass is 79.9. The lowest BCUT2D eigenvalue weighted by Gasteiger charge is -2.33. The molecule has 1 saturated heterocycles. The van der Waals surface area contributed by atoms with Gasteiger partial charge < -0.3 is 10.2 Å². The summed E-state index contributed by atoms with van der Waals surface area (Å²) in [6.45, 7) is 3.90. The van der Waals surface area contributed by atoms with E-state index in [4.69, 9.17) is 0 Å². The SMILES string of the molecule is C[C@H]1CNCCN1C(=O)CS(=O)(=O)Cc1cccc(Br)c1. The zero-order chi connectivity index (χ0) is 15.5. The zero-order valence-electron chi connectivity index (χ0n) is 11.9. The molecule has 1 aromatic rings. The van der Waals surface area contributed by atoms with Crippen molar-refractivity contribution in [3.63, 3.8) is 0 Å². The van der Waals surface area contributed by atoms with E-state index in [1.165, 1.54) is 0 Å². The molecule has 1 N–H and O–H groups in total. The Morgan fingerprint density at radius 3 is 2.90 bits per heavy atom. The van der Waals surface area contributed by atoms with Crippen LogP contribution in [-0.4, -0.2) is 50.7 Å². The summed E-state index contributed by atoms with van der Waals surface area (Å²) >= 11 is 3.31. The Hall–Kier alpha value is -0.920. The van der Waals surface area contributed by atoms with Crippen LogP contribution in [0.2, 0.25) is 0 Å². The summed E-state index contributed by atoms with van der Waals surface area (Å²) in [5.74, 6) is -0.846. The van der Waals surface area contributed by atoms with Crippen molar-refractivity contribution in [1.82, 2.24) is 10.2 Å². The first-order valence-electron chi connectivity index (χ1n) is 6.82. The van der Waals surface area contributed by atoms with E-state index in [0.29, 0.717) is 25.2 Å². The number of hydrogen-bond donors (Lipinski definition) is 1. The minimum Gasteiger partial charge on any atom is -0.337 e. The molecule has 1 aromatic carbocycles. The summed E-state index contributed by atoms with van der Waals surface area (Å²) in [4.78, 5) is 13.8. The van der Waals surface area contributed by atoms with Crippen molar-refractivity contribution in [2.75, 3.05) is 25.4 Å². The normalized spacial score (nSPS) is 19.5. The Balaban J connectivity index is 2.01. The fourth-order valence-electron chi connectivity index (χ4n) is 2.41. The van der Waals surface area contributed by atoms with Gasteiger partial charge in [-0.1, -0.05) is 28.1 Å². The van der Waals surface area contributed by atoms with Gasteiger partial charge in [-0.2, -0.15) is 0 Å². The summed E-state index contributed by atoms with van der Waals surface area (Å²) < 4.78 is 25.2. The molecule has 21 heavy (non-hydrogen) atoms. The number of carbonyl (C=O) groups is 1. The molecule has 7 heteroatoms. The average Bonchev–Trinajstić information content (AvgIpc) is 2.37. The van der Waals surface area contributed by atoms with Gasteiger partial charge in [0.15, 0.2) is 9.84 Å². The van der Waals surface area contributed by atoms with Crippen LogP contribution in [0.5, 0.6) is 0 Å². The predicted octanol–water partition coefficient (Wildman–Crippen LogP) is 1.18. The quantitative estimate of drug-likeness (QED) is 0.859. The first kappa shape index (κ1) is 16.5. The first-order valence-corrected chi connectivity index (χ1v) is 9.44. The maximum absolute atomic E-state index is 12.2. The summed E-state index contributed by atoms with van der Waals surface area (Å²) in [5, 5.41) is 3.18. The molecule has 1 aliphatic rings. The first-order chi connectivity index (χ1) is 9.87. The minimum atomic E-state index is -3.46. The number of halogens is 1. The second kappa shape index (κ2) is 6.89. The molecule has 1 aliphatic heterocycles. The van der Waals surface area contributed by atoms with E-state index in [1.54, 1.807) is 23.1 Å². The van der Waals surface area contributed by atoms with Crippen molar-refractivity contribution in [3.05, 3.63) is 34.3 Å². The molecular weight excluding hydrogens is 356 g/mol. The van der Waals surface area contributed by atoms with Gasteiger partial charge in [-0.15, -0.1) is 0 Å². The number of amides is 1. The Kier molecular flexibility index (Phi) is 5.40. The number of nitrogens with zero attached hydrogens (tertiary/aromatic N) is 1. The van der Waals surface area contributed by atoms with Crippen LogP contribution in [0, 0.1) is 0 Å². The van der Waals surface area contributed by atoms with Crippen molar-refractivity contribution >= 4 is 31.7 Å². The number of carbonyl (C=O) groups excluding carboxylic acids is 1. The molecule has 1 atom stereocenters. The van der Waals surface area contributed by atoms with Crippen LogP contribution in [0.4, 0.5) is 0 Å². The van der Waals surface area contributed by atoms with E-state index in [1.807, 2.05) is 13.0 Å². The van der Waals surface area contributed by atoms with Gasteiger partial charge in [0.2, 0.25) is 5.91 Å². The van der Waals surface area contributed by atoms with E-state index in [2.05, 4.69) is 21.2 Å². The number of benzene rings is 1. The van der Waals surface area contributed by atoms with Crippen molar-refractivity contribution in [3.8, 4) is 0 Å². The fraction of sp³-hybridized carbons (Fsp3) is 0.500. The number of hydrogen-bond acceptors (Lipinski definition) is 4. The van der Waals surface area contributed by atoms with Gasteiger partial charge in [-0.3, -0.25) is 4.79 Å². The van der Waals surface area contributed by atoms with Crippen LogP contribution >= 0.6 is 15.9 Å². The molecule has 0 aliphatic carbocycles. The largest absolute Gasteiger partial charge is 0.337 e. The number of piperazine rings is 1. The molecule has 0 saturated carbocycles. The second-order valence-corrected chi connectivity index (χ2v) is 8.28. The Morgan fingerprint density at radius 2 is 2.24 bits per heavy atom. The lowest BCUT2D eigenvalue weighted by Crippen LogP contribution is -2.53. The molecule has 0 aromatic heterocycles. The minimum absolute atomic E-state index is 0.0346. The van der Waals surface area contributed by atoms with Crippen molar-refractivity contribution in [1.29, 1.82) is 0 Å². The fourth-order valence-corrected chi connectivity index (χ4v) is 4.19. The lowest BCUT2D eigenvalue weighted by atomic mass is 10.2. The smallest absolute Gasteiger partial charge is 0.238 e. The van der Waals surface area contributed by atoms with Crippen LogP contribution in [0.1, 0.15) is 12.5 Å². The van der Waals surface area contributed by atoms with Crippen molar-refractivity contribution in [2.24, 2.45) is 0 Å². The Bertz CT molecular complexity index is 618. The summed E-state index contributed by atoms with van der Waals surface area (Å²) in [6.07, 6.45) is 0. The van der Waals surface area contributed by atoms with Crippen LogP contribution in [0.15, 0.2) is 28.7 Å². The van der Waals surface area contributed by atoms with Crippen LogP contribution in [0.3, 0.4) is 0 Å². The van der Waals surface area contributed by atoms with Crippen molar-refractivity contribution < 1.29 is 13.2 Å². The highest BCUT2D eigenvalue weighted by molar-refractivity contribution is 9.10. The molecule has 0 bridgehead atoms. The third kappa shape index (κ3) is 4.79. The molecule has 5 nitrogen and oxygen atoms in total. The summed E-state index contributed by atoms with van der Waals surface area (Å²) in [6, 6.07) is 7.17. The topological polar surface area (TPSA) is 66.5 Å². The standard InChI is InChI=1S/C14H19BrN2O3S/c1-11-8-16-5-6-17(11)14(18)10-21(19,20)9-12-3-2-4-13(15)7-12/h2-4,7,11,16H,5-6,8-10H2,1H3/t11-/m0/s1. The van der Waals surface area contributed by atoms with Gasteiger partial charge in [0.05, 0.1) is 5.75 Å². The van der Waals surface area contributed by atoms with Gasteiger partial charge >= 0.3 is 0 Å². The molecule has 0 radical (unpaired) electrons. The lowest BCUT2D eigenvalue weighted by molar-refractivity contribution is -0.131. The van der Waals surface area contributed by atoms with Crippen LogP contribution in [-0.2, 0) is 20.4 Å². The Morgan fingerprint density at radius 1 is 1.48 bits per heavy atom. The molecule has 0 spiro atoms. The van der Waals surface area contributed by atoms with Gasteiger partial charge in [-0.25, -0.2) is 8.42 Å². The van der Waals surface area contributed by atoms with E-state index < -0.39 is 15.6 Å². The van der Waals surface area contributed by atoms with Gasteiger partial charge in [0.25, 0.3) is 0 Å². The van der Waals surface area contributed by atoms with Gasteiger partial charge in [0, 0.05) is 30.1 Å². The van der Waals surface area contributed by atoms with E-state index in [9.17, 15) is 13.2 Å². The van der Waals surface area contributed by atoms with Gasteiger partial charge in [0.1, 0.15) is 5.75 Å². The molecule has 2 rings (SSSR count). The van der Waals surface area contributed by atoms with E-state index in [0.717, 1.165) is 4.47 Å². The summed E-state index contributed by atoms with van der Waals surface area (Å²) in [7, 11) is -3.46. The molecule has 116 valence electrons. The van der Waals surface area contributed by atoms with Crippen LogP contribution < -0.4 is 5.32 Å². The van der Waals surface area contributed by atoms with E-state index in [-0.39, 0.29) is 17.7 Å². The predicted molar refractivity (Wildman–Crippen MR) is 85.7 cm³/mol. The molecule has 1 fully saturated rings. The van der Waals surface area contributed by atoms with Gasteiger partial charge in [-0.05, 0) is 24.6 Å². The highest BCUT2D eigenvalue weighted by Gasteiger charge is 2.27.